The van der Waals surface area contributed by atoms with Gasteiger partial charge in [0.25, 0.3) is 0 Å². The van der Waals surface area contributed by atoms with Crippen LogP contribution in [0.1, 0.15) is 49.8 Å². The van der Waals surface area contributed by atoms with E-state index in [0.29, 0.717) is 6.04 Å². The van der Waals surface area contributed by atoms with Crippen LogP contribution in [-0.4, -0.2) is 16.1 Å². The Kier molecular flexibility index (Phi) is 8.73. The SMILES string of the molecule is C[C@H](CCCC[C@@H](O)c1ccccc1)NCc1ccc2cnccc2c1.Cl. The lowest BCUT2D eigenvalue weighted by Crippen LogP contribution is -2.25. The predicted octanol–water partition coefficient (Wildman–Crippen LogP) is 5.43. The van der Waals surface area contributed by atoms with E-state index in [-0.39, 0.29) is 18.5 Å². The maximum atomic E-state index is 10.2. The first kappa shape index (κ1) is 21.4. The van der Waals surface area contributed by atoms with E-state index in [4.69, 9.17) is 0 Å². The van der Waals surface area contributed by atoms with E-state index in [9.17, 15) is 5.11 Å². The number of benzene rings is 2. The quantitative estimate of drug-likeness (QED) is 0.483. The van der Waals surface area contributed by atoms with Gasteiger partial charge in [-0.2, -0.15) is 0 Å². The fraction of sp³-hybridized carbons (Fsp3) is 0.348. The number of nitrogens with one attached hydrogen (secondary N) is 1. The van der Waals surface area contributed by atoms with Gasteiger partial charge in [0, 0.05) is 30.4 Å². The van der Waals surface area contributed by atoms with Crippen LogP contribution < -0.4 is 5.32 Å². The van der Waals surface area contributed by atoms with Gasteiger partial charge in [-0.15, -0.1) is 12.4 Å². The number of aliphatic hydroxyl groups is 1. The van der Waals surface area contributed by atoms with Crippen LogP contribution >= 0.6 is 12.4 Å². The van der Waals surface area contributed by atoms with Crippen molar-refractivity contribution in [2.24, 2.45) is 0 Å². The number of fused-ring (bicyclic) bond motifs is 1. The third-order valence-electron chi connectivity index (χ3n) is 4.91. The molecule has 0 aliphatic carbocycles. The van der Waals surface area contributed by atoms with E-state index < -0.39 is 0 Å². The average Bonchev–Trinajstić information content (AvgIpc) is 2.70. The molecule has 3 rings (SSSR count). The van der Waals surface area contributed by atoms with E-state index in [0.717, 1.165) is 37.8 Å². The molecule has 27 heavy (non-hydrogen) atoms. The molecular formula is C23H29ClN2O. The highest BCUT2D eigenvalue weighted by molar-refractivity contribution is 5.85. The van der Waals surface area contributed by atoms with E-state index in [1.807, 2.05) is 42.7 Å². The van der Waals surface area contributed by atoms with Crippen molar-refractivity contribution in [1.82, 2.24) is 10.3 Å². The molecule has 0 saturated carbocycles. The largest absolute Gasteiger partial charge is 0.388 e. The number of hydrogen-bond donors (Lipinski definition) is 2. The first-order valence-electron chi connectivity index (χ1n) is 9.51. The van der Waals surface area contributed by atoms with Crippen molar-refractivity contribution in [1.29, 1.82) is 0 Å². The van der Waals surface area contributed by atoms with Crippen LogP contribution in [0.25, 0.3) is 10.8 Å². The summed E-state index contributed by atoms with van der Waals surface area (Å²) in [4.78, 5) is 4.16. The van der Waals surface area contributed by atoms with Gasteiger partial charge in [-0.25, -0.2) is 0 Å². The summed E-state index contributed by atoms with van der Waals surface area (Å²) in [6, 6.07) is 19.0. The highest BCUT2D eigenvalue weighted by atomic mass is 35.5. The molecule has 0 bridgehead atoms. The van der Waals surface area contributed by atoms with Gasteiger partial charge >= 0.3 is 0 Å². The molecule has 3 aromatic rings. The Morgan fingerprint density at radius 3 is 2.56 bits per heavy atom. The van der Waals surface area contributed by atoms with Gasteiger partial charge < -0.3 is 10.4 Å². The Hall–Kier alpha value is -1.94. The van der Waals surface area contributed by atoms with Gasteiger partial charge in [0.2, 0.25) is 0 Å². The van der Waals surface area contributed by atoms with Crippen molar-refractivity contribution in [2.75, 3.05) is 0 Å². The van der Waals surface area contributed by atoms with Gasteiger partial charge in [0.1, 0.15) is 0 Å². The fourth-order valence-corrected chi connectivity index (χ4v) is 3.27. The molecule has 0 aliphatic heterocycles. The van der Waals surface area contributed by atoms with E-state index in [2.05, 4.69) is 41.5 Å². The second kappa shape index (κ2) is 11.0. The van der Waals surface area contributed by atoms with Crippen molar-refractivity contribution in [2.45, 2.75) is 51.3 Å². The van der Waals surface area contributed by atoms with Gasteiger partial charge in [-0.05, 0) is 48.4 Å². The van der Waals surface area contributed by atoms with E-state index in [1.165, 1.54) is 16.3 Å². The second-order valence-corrected chi connectivity index (χ2v) is 7.05. The zero-order valence-electron chi connectivity index (χ0n) is 15.8. The van der Waals surface area contributed by atoms with Crippen molar-refractivity contribution in [3.63, 3.8) is 0 Å². The second-order valence-electron chi connectivity index (χ2n) is 7.05. The summed E-state index contributed by atoms with van der Waals surface area (Å²) in [6.45, 7) is 3.12. The lowest BCUT2D eigenvalue weighted by molar-refractivity contribution is 0.163. The maximum absolute atomic E-state index is 10.2. The molecule has 0 amide bonds. The van der Waals surface area contributed by atoms with Crippen LogP contribution in [0.15, 0.2) is 67.0 Å². The maximum Gasteiger partial charge on any atom is 0.0790 e. The van der Waals surface area contributed by atoms with Crippen LogP contribution in [0.3, 0.4) is 0 Å². The van der Waals surface area contributed by atoms with Crippen LogP contribution in [0.2, 0.25) is 0 Å². The summed E-state index contributed by atoms with van der Waals surface area (Å²) >= 11 is 0. The molecule has 0 spiro atoms. The summed E-state index contributed by atoms with van der Waals surface area (Å²) in [5.41, 5.74) is 2.32. The molecule has 4 heteroatoms. The van der Waals surface area contributed by atoms with Gasteiger partial charge in [-0.1, -0.05) is 55.3 Å². The van der Waals surface area contributed by atoms with Gasteiger partial charge in [-0.3, -0.25) is 4.98 Å². The number of rotatable bonds is 9. The Morgan fingerprint density at radius 2 is 1.74 bits per heavy atom. The molecule has 1 aromatic heterocycles. The number of pyridine rings is 1. The Bertz CT molecular complexity index is 810. The lowest BCUT2D eigenvalue weighted by atomic mass is 10.0. The normalized spacial score (nSPS) is 13.1. The molecule has 1 heterocycles. The molecule has 2 N–H and O–H groups in total. The van der Waals surface area contributed by atoms with Gasteiger partial charge in [0.05, 0.1) is 6.10 Å². The molecule has 0 unspecified atom stereocenters. The number of unbranched alkanes of at least 4 members (excludes halogenated alkanes) is 1. The highest BCUT2D eigenvalue weighted by Crippen LogP contribution is 2.19. The molecule has 0 fully saturated rings. The molecule has 3 nitrogen and oxygen atoms in total. The van der Waals surface area contributed by atoms with Crippen molar-refractivity contribution in [3.8, 4) is 0 Å². The summed E-state index contributed by atoms with van der Waals surface area (Å²) < 4.78 is 0. The standard InChI is InChI=1S/C23H28N2O.ClH/c1-18(7-5-6-10-23(26)20-8-3-2-4-9-20)25-16-19-11-12-22-17-24-14-13-21(22)15-19;/h2-4,8-9,11-15,17-18,23,25-26H,5-7,10,16H2,1H3;1H/t18-,23-;/m1./s1. The number of halogens is 1. The van der Waals surface area contributed by atoms with Crippen molar-refractivity contribution < 1.29 is 5.11 Å². The molecular weight excluding hydrogens is 356 g/mol. The smallest absolute Gasteiger partial charge is 0.0790 e. The third-order valence-corrected chi connectivity index (χ3v) is 4.91. The Morgan fingerprint density at radius 1 is 0.963 bits per heavy atom. The topological polar surface area (TPSA) is 45.1 Å². The third kappa shape index (κ3) is 6.62. The molecule has 2 aromatic carbocycles. The van der Waals surface area contributed by atoms with Crippen LogP contribution in [-0.2, 0) is 6.54 Å². The van der Waals surface area contributed by atoms with Crippen molar-refractivity contribution >= 4 is 23.2 Å². The molecule has 144 valence electrons. The van der Waals surface area contributed by atoms with E-state index in [1.54, 1.807) is 0 Å². The summed E-state index contributed by atoms with van der Waals surface area (Å²) in [5, 5.41) is 16.2. The first-order valence-corrected chi connectivity index (χ1v) is 9.51. The Labute approximate surface area is 168 Å². The zero-order chi connectivity index (χ0) is 18.2. The zero-order valence-corrected chi connectivity index (χ0v) is 16.7. The van der Waals surface area contributed by atoms with Crippen molar-refractivity contribution in [3.05, 3.63) is 78.1 Å². The molecule has 2 atom stereocenters. The fourth-order valence-electron chi connectivity index (χ4n) is 3.27. The molecule has 0 radical (unpaired) electrons. The number of aliphatic hydroxyl groups excluding tert-OH is 1. The number of aromatic nitrogens is 1. The minimum absolute atomic E-state index is 0. The first-order chi connectivity index (χ1) is 12.7. The minimum atomic E-state index is -0.341. The lowest BCUT2D eigenvalue weighted by Gasteiger charge is -2.15. The monoisotopic (exact) mass is 384 g/mol. The molecule has 0 aliphatic rings. The summed E-state index contributed by atoms with van der Waals surface area (Å²) in [5.74, 6) is 0. The van der Waals surface area contributed by atoms with Crippen LogP contribution in [0.4, 0.5) is 0 Å². The predicted molar refractivity (Wildman–Crippen MR) is 115 cm³/mol. The van der Waals surface area contributed by atoms with Crippen LogP contribution in [0.5, 0.6) is 0 Å². The summed E-state index contributed by atoms with van der Waals surface area (Å²) in [7, 11) is 0. The molecule has 0 saturated heterocycles. The number of nitrogens with zero attached hydrogens (tertiary/aromatic N) is 1. The average molecular weight is 385 g/mol. The summed E-state index contributed by atoms with van der Waals surface area (Å²) in [6.07, 6.45) is 7.53. The highest BCUT2D eigenvalue weighted by Gasteiger charge is 2.07. The van der Waals surface area contributed by atoms with Gasteiger partial charge in [0.15, 0.2) is 0 Å². The minimum Gasteiger partial charge on any atom is -0.388 e. The van der Waals surface area contributed by atoms with Crippen LogP contribution in [0, 0.1) is 0 Å². The Balaban J connectivity index is 0.00000261. The van der Waals surface area contributed by atoms with E-state index >= 15 is 0 Å². The number of hydrogen-bond acceptors (Lipinski definition) is 3.